The lowest BCUT2D eigenvalue weighted by molar-refractivity contribution is -0.114. The van der Waals surface area contributed by atoms with E-state index >= 15 is 4.39 Å². The fraction of sp³-hybridized carbons (Fsp3) is 0.303. The highest BCUT2D eigenvalue weighted by molar-refractivity contribution is 6.32. The van der Waals surface area contributed by atoms with E-state index in [4.69, 9.17) is 25.8 Å². The van der Waals surface area contributed by atoms with Gasteiger partial charge < -0.3 is 29.7 Å². The van der Waals surface area contributed by atoms with Gasteiger partial charge in [0.25, 0.3) is 5.91 Å². The van der Waals surface area contributed by atoms with Gasteiger partial charge in [0.15, 0.2) is 11.5 Å². The van der Waals surface area contributed by atoms with E-state index in [1.807, 2.05) is 18.0 Å². The van der Waals surface area contributed by atoms with Crippen LogP contribution in [0.15, 0.2) is 67.2 Å². The Labute approximate surface area is 280 Å². The van der Waals surface area contributed by atoms with Gasteiger partial charge in [0, 0.05) is 42.8 Å². The van der Waals surface area contributed by atoms with Crippen molar-refractivity contribution in [3.05, 3.63) is 72.2 Å². The molecule has 0 bridgehead atoms. The van der Waals surface area contributed by atoms with Crippen molar-refractivity contribution in [2.24, 2.45) is 0 Å². The molecule has 2 N–H and O–H groups in total. The number of nitrogens with one attached hydrogen (secondary N) is 2. The van der Waals surface area contributed by atoms with Gasteiger partial charge in [0.1, 0.15) is 35.7 Å². The predicted molar refractivity (Wildman–Crippen MR) is 180 cm³/mol. The molecule has 2 aliphatic rings. The molecule has 0 unspecified atom stereocenters. The summed E-state index contributed by atoms with van der Waals surface area (Å²) < 4.78 is 34.1. The number of pyridine rings is 1. The number of methoxy groups -OCH3 is 1. The molecule has 0 aliphatic carbocycles. The summed E-state index contributed by atoms with van der Waals surface area (Å²) in [5.74, 6) is 0.110. The van der Waals surface area contributed by atoms with E-state index in [1.165, 1.54) is 25.8 Å². The van der Waals surface area contributed by atoms with E-state index in [-0.39, 0.29) is 6.04 Å². The normalized spacial score (nSPS) is 17.2. The fourth-order valence-corrected chi connectivity index (χ4v) is 6.13. The number of aromatic nitrogens is 5. The van der Waals surface area contributed by atoms with E-state index in [1.54, 1.807) is 41.0 Å². The van der Waals surface area contributed by atoms with E-state index in [0.717, 1.165) is 19.4 Å². The molecule has 0 saturated carbocycles. The second kappa shape index (κ2) is 13.6. The molecule has 2 fully saturated rings. The van der Waals surface area contributed by atoms with Crippen LogP contribution in [-0.2, 0) is 9.53 Å². The zero-order valence-corrected chi connectivity index (χ0v) is 27.1. The highest BCUT2D eigenvalue weighted by Crippen LogP contribution is 2.41. The molecular weight excluding hydrogens is 641 g/mol. The SMILES string of the molecule is COc1cc(Oc2ccn3ncnc3c2)c(Cl)cc1Nc1ncnc2cc(N3CCOCC3)c(NC(=O)/C(F)=C\[C@H]3CCCN3C)cc12. The van der Waals surface area contributed by atoms with Crippen LogP contribution in [0.4, 0.5) is 27.3 Å². The van der Waals surface area contributed by atoms with Crippen LogP contribution < -0.4 is 25.0 Å². The van der Waals surface area contributed by atoms with Gasteiger partial charge in [0.2, 0.25) is 0 Å². The summed E-state index contributed by atoms with van der Waals surface area (Å²) in [6, 6.07) is 10.3. The molecule has 2 saturated heterocycles. The Morgan fingerprint density at radius 1 is 1.06 bits per heavy atom. The number of anilines is 4. The Hall–Kier alpha value is -5.05. The first-order chi connectivity index (χ1) is 23.4. The van der Waals surface area contributed by atoms with Crippen molar-refractivity contribution in [2.75, 3.05) is 62.5 Å². The maximum absolute atomic E-state index is 15.2. The van der Waals surface area contributed by atoms with Crippen LogP contribution in [0.1, 0.15) is 12.8 Å². The standard InChI is InChI=1S/C33H33ClFN9O4/c1-42-6-3-4-20(42)12-24(35)33(45)41-26-14-22-25(16-28(26)43-8-10-47-11-9-43)36-18-38-32(22)40-27-15-23(34)29(17-30(27)46-2)48-21-5-7-44-31(13-21)37-19-39-44/h5,7,12-20H,3-4,6,8-11H2,1-2H3,(H,41,45)(H,36,38,40)/b24-12+/t20-/m1/s1. The summed E-state index contributed by atoms with van der Waals surface area (Å²) in [6.45, 7) is 3.13. The van der Waals surface area contributed by atoms with Gasteiger partial charge in [-0.3, -0.25) is 9.69 Å². The minimum atomic E-state index is -0.826. The number of amides is 1. The van der Waals surface area contributed by atoms with Crippen LogP contribution >= 0.6 is 11.6 Å². The van der Waals surface area contributed by atoms with Crippen LogP contribution in [0.2, 0.25) is 5.02 Å². The van der Waals surface area contributed by atoms with Gasteiger partial charge in [-0.2, -0.15) is 5.10 Å². The first-order valence-electron chi connectivity index (χ1n) is 15.5. The fourth-order valence-electron chi connectivity index (χ4n) is 5.93. The number of rotatable bonds is 9. The molecule has 0 radical (unpaired) electrons. The van der Waals surface area contributed by atoms with Crippen LogP contribution in [0.25, 0.3) is 16.6 Å². The highest BCUT2D eigenvalue weighted by Gasteiger charge is 2.24. The Morgan fingerprint density at radius 3 is 2.71 bits per heavy atom. The molecule has 1 amide bonds. The lowest BCUT2D eigenvalue weighted by Crippen LogP contribution is -2.36. The van der Waals surface area contributed by atoms with Crippen LogP contribution in [0.5, 0.6) is 17.2 Å². The molecule has 2 aromatic carbocycles. The van der Waals surface area contributed by atoms with Crippen molar-refractivity contribution in [1.29, 1.82) is 0 Å². The van der Waals surface area contributed by atoms with E-state index in [2.05, 4.69) is 35.6 Å². The minimum Gasteiger partial charge on any atom is -0.494 e. The van der Waals surface area contributed by atoms with Gasteiger partial charge in [0.05, 0.1) is 47.9 Å². The average molecular weight is 674 g/mol. The number of carbonyl (C=O) groups is 1. The molecule has 1 atom stereocenters. The Morgan fingerprint density at radius 2 is 1.92 bits per heavy atom. The van der Waals surface area contributed by atoms with Crippen molar-refractivity contribution in [2.45, 2.75) is 18.9 Å². The predicted octanol–water partition coefficient (Wildman–Crippen LogP) is 5.59. The summed E-state index contributed by atoms with van der Waals surface area (Å²) in [5.41, 5.74) is 2.89. The van der Waals surface area contributed by atoms with E-state index < -0.39 is 11.7 Å². The number of morpholine rings is 1. The van der Waals surface area contributed by atoms with Crippen molar-refractivity contribution in [3.63, 3.8) is 0 Å². The van der Waals surface area contributed by atoms with Crippen molar-refractivity contribution in [1.82, 2.24) is 29.5 Å². The lowest BCUT2D eigenvalue weighted by Gasteiger charge is -2.31. The number of hydrogen-bond donors (Lipinski definition) is 2. The summed E-state index contributed by atoms with van der Waals surface area (Å²) in [4.78, 5) is 30.5. The second-order valence-electron chi connectivity index (χ2n) is 11.5. The molecule has 48 heavy (non-hydrogen) atoms. The molecule has 3 aromatic heterocycles. The lowest BCUT2D eigenvalue weighted by atomic mass is 10.1. The number of fused-ring (bicyclic) bond motifs is 2. The Bertz CT molecular complexity index is 2020. The number of hydrogen-bond acceptors (Lipinski definition) is 11. The highest BCUT2D eigenvalue weighted by atomic mass is 35.5. The summed E-state index contributed by atoms with van der Waals surface area (Å²) >= 11 is 6.69. The van der Waals surface area contributed by atoms with Crippen molar-refractivity contribution < 1.29 is 23.4 Å². The van der Waals surface area contributed by atoms with Gasteiger partial charge in [-0.1, -0.05) is 11.6 Å². The molecular formula is C33H33ClFN9O4. The molecule has 15 heteroatoms. The number of carbonyl (C=O) groups excluding carboxylic acids is 1. The molecule has 248 valence electrons. The van der Waals surface area contributed by atoms with Gasteiger partial charge in [-0.15, -0.1) is 0 Å². The van der Waals surface area contributed by atoms with Crippen LogP contribution in [-0.4, -0.2) is 88.4 Å². The first kappa shape index (κ1) is 31.5. The maximum atomic E-state index is 15.2. The Balaban J connectivity index is 1.21. The maximum Gasteiger partial charge on any atom is 0.284 e. The van der Waals surface area contributed by atoms with Crippen molar-refractivity contribution >= 4 is 56.9 Å². The van der Waals surface area contributed by atoms with Gasteiger partial charge in [-0.05, 0) is 56.8 Å². The quantitative estimate of drug-likeness (QED) is 0.190. The minimum absolute atomic E-state index is 0.119. The third kappa shape index (κ3) is 6.54. The summed E-state index contributed by atoms with van der Waals surface area (Å²) in [5, 5.41) is 11.1. The number of nitrogens with zero attached hydrogens (tertiary/aromatic N) is 7. The van der Waals surface area contributed by atoms with Crippen LogP contribution in [0.3, 0.4) is 0 Å². The van der Waals surface area contributed by atoms with Gasteiger partial charge in [-0.25, -0.2) is 23.9 Å². The monoisotopic (exact) mass is 673 g/mol. The van der Waals surface area contributed by atoms with Crippen LogP contribution in [0, 0.1) is 0 Å². The molecule has 7 rings (SSSR count). The third-order valence-corrected chi connectivity index (χ3v) is 8.77. The van der Waals surface area contributed by atoms with E-state index in [0.29, 0.717) is 88.0 Å². The third-order valence-electron chi connectivity index (χ3n) is 8.47. The average Bonchev–Trinajstić information content (AvgIpc) is 3.74. The molecule has 2 aliphatic heterocycles. The molecule has 13 nitrogen and oxygen atoms in total. The second-order valence-corrected chi connectivity index (χ2v) is 11.9. The topological polar surface area (TPSA) is 131 Å². The zero-order chi connectivity index (χ0) is 33.2. The van der Waals surface area contributed by atoms with Gasteiger partial charge >= 0.3 is 0 Å². The number of likely N-dealkylation sites (N-methyl/N-ethyl adjacent to an activating group) is 1. The summed E-state index contributed by atoms with van der Waals surface area (Å²) in [7, 11) is 3.46. The number of benzene rings is 2. The number of likely N-dealkylation sites (tertiary alicyclic amines) is 1. The molecule has 5 aromatic rings. The van der Waals surface area contributed by atoms with Crippen molar-refractivity contribution in [3.8, 4) is 17.2 Å². The largest absolute Gasteiger partial charge is 0.494 e. The van der Waals surface area contributed by atoms with E-state index in [9.17, 15) is 4.79 Å². The molecule has 5 heterocycles. The molecule has 0 spiro atoms. The zero-order valence-electron chi connectivity index (χ0n) is 26.3. The Kier molecular flexibility index (Phi) is 8.93. The first-order valence-corrected chi connectivity index (χ1v) is 15.9. The number of ether oxygens (including phenoxy) is 3. The summed E-state index contributed by atoms with van der Waals surface area (Å²) in [6.07, 6.45) is 7.79. The smallest absolute Gasteiger partial charge is 0.284 e. The number of halogens is 2.